The predicted octanol–water partition coefficient (Wildman–Crippen LogP) is 4.33. The van der Waals surface area contributed by atoms with Gasteiger partial charge in [0.25, 0.3) is 0 Å². The predicted molar refractivity (Wildman–Crippen MR) is 84.7 cm³/mol. The molecule has 20 heavy (non-hydrogen) atoms. The number of H-pyrrole nitrogens is 1. The van der Waals surface area contributed by atoms with Crippen molar-refractivity contribution in [2.45, 2.75) is 26.4 Å². The Hall–Kier alpha value is -2.06. The number of aromatic nitrogens is 1. The summed E-state index contributed by atoms with van der Waals surface area (Å²) in [6.45, 7) is 5.23. The number of rotatable bonds is 4. The summed E-state index contributed by atoms with van der Waals surface area (Å²) in [5.74, 6) is 0. The Labute approximate surface area is 119 Å². The molecule has 0 radical (unpaired) electrons. The third-order valence-electron chi connectivity index (χ3n) is 3.83. The zero-order valence-corrected chi connectivity index (χ0v) is 12.0. The van der Waals surface area contributed by atoms with Gasteiger partial charge >= 0.3 is 0 Å². The Morgan fingerprint density at radius 1 is 1.10 bits per heavy atom. The van der Waals surface area contributed by atoms with Gasteiger partial charge < -0.3 is 10.3 Å². The van der Waals surface area contributed by atoms with Crippen LogP contribution in [0.25, 0.3) is 10.9 Å². The van der Waals surface area contributed by atoms with E-state index in [9.17, 15) is 0 Å². The summed E-state index contributed by atoms with van der Waals surface area (Å²) in [7, 11) is 0. The summed E-state index contributed by atoms with van der Waals surface area (Å²) < 4.78 is 0. The first-order valence-electron chi connectivity index (χ1n) is 7.09. The van der Waals surface area contributed by atoms with Crippen LogP contribution in [0.3, 0.4) is 0 Å². The molecule has 0 aliphatic carbocycles. The third-order valence-corrected chi connectivity index (χ3v) is 3.83. The van der Waals surface area contributed by atoms with E-state index in [1.807, 2.05) is 6.20 Å². The molecule has 2 N–H and O–H groups in total. The fourth-order valence-corrected chi connectivity index (χ4v) is 2.62. The van der Waals surface area contributed by atoms with Crippen LogP contribution >= 0.6 is 0 Å². The normalized spacial score (nSPS) is 12.7. The molecule has 0 unspecified atom stereocenters. The molecular formula is C18H20N2. The second-order valence-corrected chi connectivity index (χ2v) is 5.37. The average Bonchev–Trinajstić information content (AvgIpc) is 2.93. The molecule has 0 saturated carbocycles. The number of nitrogens with one attached hydrogen (secondary N) is 2. The molecule has 0 saturated heterocycles. The standard InChI is InChI=1S/C18H20N2/c1-13-5-3-6-15(11-13)14(2)20-12-16-7-4-8-18-17(16)9-10-19-18/h3-11,14,19-20H,12H2,1-2H3/t14-/m0/s1. The van der Waals surface area contributed by atoms with E-state index in [0.717, 1.165) is 6.54 Å². The maximum atomic E-state index is 3.61. The summed E-state index contributed by atoms with van der Waals surface area (Å²) in [4.78, 5) is 3.26. The van der Waals surface area contributed by atoms with Crippen molar-refractivity contribution in [1.29, 1.82) is 0 Å². The first-order valence-corrected chi connectivity index (χ1v) is 7.09. The first kappa shape index (κ1) is 12.9. The Balaban J connectivity index is 1.74. The maximum Gasteiger partial charge on any atom is 0.0457 e. The number of fused-ring (bicyclic) bond motifs is 1. The Morgan fingerprint density at radius 2 is 1.95 bits per heavy atom. The average molecular weight is 264 g/mol. The third kappa shape index (κ3) is 2.61. The molecule has 0 amide bonds. The molecule has 0 aliphatic heterocycles. The van der Waals surface area contributed by atoms with Crippen LogP contribution in [0.4, 0.5) is 0 Å². The van der Waals surface area contributed by atoms with Crippen LogP contribution in [-0.4, -0.2) is 4.98 Å². The molecule has 2 heteroatoms. The largest absolute Gasteiger partial charge is 0.361 e. The van der Waals surface area contributed by atoms with Gasteiger partial charge in [-0.05, 0) is 37.1 Å². The van der Waals surface area contributed by atoms with Gasteiger partial charge in [0, 0.05) is 29.7 Å². The van der Waals surface area contributed by atoms with Crippen molar-refractivity contribution in [3.63, 3.8) is 0 Å². The van der Waals surface area contributed by atoms with Crippen molar-refractivity contribution in [2.24, 2.45) is 0 Å². The van der Waals surface area contributed by atoms with E-state index in [1.54, 1.807) is 0 Å². The molecule has 0 bridgehead atoms. The van der Waals surface area contributed by atoms with Crippen molar-refractivity contribution in [1.82, 2.24) is 10.3 Å². The summed E-state index contributed by atoms with van der Waals surface area (Å²) in [6, 6.07) is 17.6. The number of hydrogen-bond donors (Lipinski definition) is 2. The minimum atomic E-state index is 0.351. The van der Waals surface area contributed by atoms with Crippen LogP contribution in [0.2, 0.25) is 0 Å². The molecule has 2 aromatic carbocycles. The van der Waals surface area contributed by atoms with E-state index >= 15 is 0 Å². The lowest BCUT2D eigenvalue weighted by atomic mass is 10.0. The van der Waals surface area contributed by atoms with Crippen molar-refractivity contribution >= 4 is 10.9 Å². The van der Waals surface area contributed by atoms with Crippen molar-refractivity contribution in [3.05, 3.63) is 71.4 Å². The quantitative estimate of drug-likeness (QED) is 0.721. The Kier molecular flexibility index (Phi) is 3.57. The van der Waals surface area contributed by atoms with Crippen molar-refractivity contribution in [3.8, 4) is 0 Å². The summed E-state index contributed by atoms with van der Waals surface area (Å²) in [5.41, 5.74) is 5.19. The van der Waals surface area contributed by atoms with Gasteiger partial charge in [0.15, 0.2) is 0 Å². The highest BCUT2D eigenvalue weighted by atomic mass is 14.9. The van der Waals surface area contributed by atoms with Gasteiger partial charge in [-0.1, -0.05) is 42.0 Å². The smallest absolute Gasteiger partial charge is 0.0457 e. The number of benzene rings is 2. The van der Waals surface area contributed by atoms with E-state index in [2.05, 4.69) is 72.7 Å². The minimum Gasteiger partial charge on any atom is -0.361 e. The van der Waals surface area contributed by atoms with Crippen LogP contribution in [0, 0.1) is 6.92 Å². The summed E-state index contributed by atoms with van der Waals surface area (Å²) in [5, 5.41) is 4.91. The van der Waals surface area contributed by atoms with Gasteiger partial charge in [0.2, 0.25) is 0 Å². The monoisotopic (exact) mass is 264 g/mol. The lowest BCUT2D eigenvalue weighted by Crippen LogP contribution is -2.18. The molecular weight excluding hydrogens is 244 g/mol. The zero-order chi connectivity index (χ0) is 13.9. The fraction of sp³-hybridized carbons (Fsp3) is 0.222. The lowest BCUT2D eigenvalue weighted by Gasteiger charge is -2.15. The molecule has 0 spiro atoms. The van der Waals surface area contributed by atoms with Crippen LogP contribution in [0.5, 0.6) is 0 Å². The molecule has 1 heterocycles. The van der Waals surface area contributed by atoms with Gasteiger partial charge in [-0.25, -0.2) is 0 Å². The van der Waals surface area contributed by atoms with Gasteiger partial charge in [0.1, 0.15) is 0 Å². The van der Waals surface area contributed by atoms with Crippen LogP contribution in [0.15, 0.2) is 54.7 Å². The topological polar surface area (TPSA) is 27.8 Å². The second-order valence-electron chi connectivity index (χ2n) is 5.37. The number of hydrogen-bond acceptors (Lipinski definition) is 1. The SMILES string of the molecule is Cc1cccc([C@H](C)NCc2cccc3[nH]ccc23)c1. The van der Waals surface area contributed by atoms with E-state index in [-0.39, 0.29) is 0 Å². The molecule has 2 nitrogen and oxygen atoms in total. The highest BCUT2D eigenvalue weighted by molar-refractivity contribution is 5.82. The van der Waals surface area contributed by atoms with Gasteiger partial charge in [0.05, 0.1) is 0 Å². The fourth-order valence-electron chi connectivity index (χ4n) is 2.62. The molecule has 0 fully saturated rings. The van der Waals surface area contributed by atoms with Crippen molar-refractivity contribution < 1.29 is 0 Å². The Bertz CT molecular complexity index is 712. The highest BCUT2D eigenvalue weighted by Crippen LogP contribution is 2.19. The van der Waals surface area contributed by atoms with Gasteiger partial charge in [-0.2, -0.15) is 0 Å². The molecule has 1 atom stereocenters. The highest BCUT2D eigenvalue weighted by Gasteiger charge is 2.06. The van der Waals surface area contributed by atoms with E-state index < -0.39 is 0 Å². The first-order chi connectivity index (χ1) is 9.74. The number of aromatic amines is 1. The maximum absolute atomic E-state index is 3.61. The van der Waals surface area contributed by atoms with E-state index in [0.29, 0.717) is 6.04 Å². The molecule has 1 aromatic heterocycles. The van der Waals surface area contributed by atoms with Crippen LogP contribution in [-0.2, 0) is 6.54 Å². The molecule has 3 rings (SSSR count). The lowest BCUT2D eigenvalue weighted by molar-refractivity contribution is 0.576. The summed E-state index contributed by atoms with van der Waals surface area (Å²) in [6.07, 6.45) is 2.00. The van der Waals surface area contributed by atoms with Crippen LogP contribution < -0.4 is 5.32 Å². The summed E-state index contributed by atoms with van der Waals surface area (Å²) >= 11 is 0. The van der Waals surface area contributed by atoms with Gasteiger partial charge in [-0.3, -0.25) is 0 Å². The molecule has 3 aromatic rings. The molecule has 102 valence electrons. The van der Waals surface area contributed by atoms with Crippen LogP contribution in [0.1, 0.15) is 29.7 Å². The van der Waals surface area contributed by atoms with Crippen molar-refractivity contribution in [2.75, 3.05) is 0 Å². The Morgan fingerprint density at radius 3 is 2.80 bits per heavy atom. The van der Waals surface area contributed by atoms with Gasteiger partial charge in [-0.15, -0.1) is 0 Å². The van der Waals surface area contributed by atoms with E-state index in [4.69, 9.17) is 0 Å². The number of aryl methyl sites for hydroxylation is 1. The van der Waals surface area contributed by atoms with E-state index in [1.165, 1.54) is 27.6 Å². The molecule has 0 aliphatic rings. The second kappa shape index (κ2) is 5.51. The minimum absolute atomic E-state index is 0.351. The zero-order valence-electron chi connectivity index (χ0n) is 12.0.